The monoisotopic (exact) mass is 144 g/mol. The maximum absolute atomic E-state index is 10.9. The van der Waals surface area contributed by atoms with Gasteiger partial charge in [0.25, 0.3) is 0 Å². The molecule has 6 heavy (non-hydrogen) atoms. The van der Waals surface area contributed by atoms with Crippen molar-refractivity contribution in [2.45, 2.75) is -0.524 Å². The fourth-order valence-electron chi connectivity index (χ4n) is 0. The third kappa shape index (κ3) is 43.2. The van der Waals surface area contributed by atoms with Crippen molar-refractivity contribution in [3.63, 3.8) is 0 Å². The molecular formula is CHClF3K. The van der Waals surface area contributed by atoms with E-state index in [1.54, 1.807) is 0 Å². The molecule has 0 atom stereocenters. The molecule has 0 unspecified atom stereocenters. The van der Waals surface area contributed by atoms with Gasteiger partial charge in [-0.05, 0) is 0 Å². The van der Waals surface area contributed by atoms with Gasteiger partial charge in [0, 0.05) is 0 Å². The summed E-state index contributed by atoms with van der Waals surface area (Å²) >= 11 is 3.71. The molecule has 5 heteroatoms. The molecule has 0 saturated carbocycles. The molecule has 0 radical (unpaired) electrons. The van der Waals surface area contributed by atoms with E-state index in [9.17, 15) is 8.78 Å². The van der Waals surface area contributed by atoms with Gasteiger partial charge in [-0.25, -0.2) is 0 Å². The summed E-state index contributed by atoms with van der Waals surface area (Å²) < 4.78 is 18.9. The fourth-order valence-corrected chi connectivity index (χ4v) is 0. The fraction of sp³-hybridized carbons (Fsp3) is 1.00. The quantitative estimate of drug-likeness (QED) is 0.353. The number of halogens is 4. The average molecular weight is 145 g/mol. The normalized spacial score (nSPS) is 10.2. The van der Waals surface area contributed by atoms with Crippen LogP contribution in [0.25, 0.3) is 0 Å². The predicted molar refractivity (Wildman–Crippen MR) is 19.1 cm³/mol. The summed E-state index contributed by atoms with van der Waals surface area (Å²) in [5.74, 6) is 0. The molecule has 0 nitrogen and oxygen atoms in total. The minimum absolute atomic E-state index is 0. The van der Waals surface area contributed by atoms with Crippen molar-refractivity contribution in [1.29, 1.82) is 0 Å². The molecule has 0 aliphatic heterocycles. The van der Waals surface area contributed by atoms with Gasteiger partial charge in [-0.15, -0.1) is 0 Å². The standard InChI is InChI=1S/CClF2.FH.K/c2-1(3)4;;/h;1H;. The Labute approximate surface area is 72.2 Å². The van der Waals surface area contributed by atoms with Crippen LogP contribution in [0.15, 0.2) is 0 Å². The van der Waals surface area contributed by atoms with Gasteiger partial charge < -0.3 is 0 Å². The van der Waals surface area contributed by atoms with Gasteiger partial charge in [-0.3, -0.25) is 4.70 Å². The van der Waals surface area contributed by atoms with Gasteiger partial charge in [-0.2, -0.15) is 0 Å². The Balaban J connectivity index is 0. The summed E-state index contributed by atoms with van der Waals surface area (Å²) in [7, 11) is 0. The van der Waals surface area contributed by atoms with E-state index in [2.05, 4.69) is 11.6 Å². The predicted octanol–water partition coefficient (Wildman–Crippen LogP) is 1.10. The van der Waals surface area contributed by atoms with Crippen LogP contribution in [0.2, 0.25) is 0 Å². The van der Waals surface area contributed by atoms with Gasteiger partial charge in [0.2, 0.25) is 0 Å². The molecule has 0 aliphatic carbocycles. The zero-order valence-electron chi connectivity index (χ0n) is 3.04. The van der Waals surface area contributed by atoms with Crippen LogP contribution in [0.4, 0.5) is 13.5 Å². The van der Waals surface area contributed by atoms with Crippen molar-refractivity contribution in [2.75, 3.05) is 0 Å². The van der Waals surface area contributed by atoms with E-state index in [1.807, 2.05) is 0 Å². The summed E-state index contributed by atoms with van der Waals surface area (Å²) in [6.07, 6.45) is 0. The molecule has 0 aromatic heterocycles. The molecule has 0 aromatic carbocycles. The van der Waals surface area contributed by atoms with Crippen LogP contribution in [-0.2, 0) is 0 Å². The Hall–Kier alpha value is 1.72. The third-order valence-corrected chi connectivity index (χ3v) is 0. The molecule has 0 rings (SSSR count). The molecule has 0 heterocycles. The maximum atomic E-state index is 10.9. The van der Waals surface area contributed by atoms with Crippen molar-refractivity contribution in [1.82, 2.24) is 0 Å². The molecule has 0 saturated heterocycles. The van der Waals surface area contributed by atoms with Gasteiger partial charge >= 0.3 is 68.8 Å². The second-order valence-corrected chi connectivity index (χ2v) is 4.40. The van der Waals surface area contributed by atoms with Crippen LogP contribution in [0.1, 0.15) is 0 Å². The van der Waals surface area contributed by atoms with E-state index in [1.165, 1.54) is 0 Å². The Morgan fingerprint density at radius 1 is 1.50 bits per heavy atom. The second-order valence-electron chi connectivity index (χ2n) is 0.781. The van der Waals surface area contributed by atoms with Crippen LogP contribution >= 0.6 is 11.6 Å². The van der Waals surface area contributed by atoms with Gasteiger partial charge in [0.1, 0.15) is 0 Å². The number of hydrogen-bond donors (Lipinski definition) is 0. The number of hydrogen-bond acceptors (Lipinski definition) is 0. The van der Waals surface area contributed by atoms with Crippen LogP contribution in [0, 0.1) is 0 Å². The molecule has 34 valence electrons. The molecule has 0 spiro atoms. The SMILES string of the molecule is F.F[C](F)(Cl)[K]. The molecule has 0 amide bonds. The molecule has 0 aliphatic rings. The van der Waals surface area contributed by atoms with Gasteiger partial charge in [-0.1, -0.05) is 0 Å². The Morgan fingerprint density at radius 3 is 1.50 bits per heavy atom. The van der Waals surface area contributed by atoms with Gasteiger partial charge in [0.15, 0.2) is 0 Å². The van der Waals surface area contributed by atoms with E-state index in [0.717, 1.165) is 0 Å². The first-order chi connectivity index (χ1) is 2.00. The zero-order valence-corrected chi connectivity index (χ0v) is 6.92. The minimum atomic E-state index is -2.84. The summed E-state index contributed by atoms with van der Waals surface area (Å²) in [6.45, 7) is 0. The number of rotatable bonds is 0. The molecule has 0 bridgehead atoms. The van der Waals surface area contributed by atoms with E-state index in [0.29, 0.717) is 0 Å². The summed E-state index contributed by atoms with van der Waals surface area (Å²) in [5.41, 5.74) is 0. The van der Waals surface area contributed by atoms with Crippen molar-refractivity contribution in [2.24, 2.45) is 0 Å². The summed E-state index contributed by atoms with van der Waals surface area (Å²) in [6, 6.07) is 0. The van der Waals surface area contributed by atoms with E-state index < -0.39 is 48.4 Å². The summed E-state index contributed by atoms with van der Waals surface area (Å²) in [5, 5.41) is 0. The van der Waals surface area contributed by atoms with Crippen molar-refractivity contribution in [3.8, 4) is 0 Å². The topological polar surface area (TPSA) is 0 Å². The van der Waals surface area contributed by atoms with Crippen LogP contribution in [0.3, 0.4) is 0 Å². The Morgan fingerprint density at radius 2 is 1.50 bits per heavy atom. The van der Waals surface area contributed by atoms with Crippen LogP contribution < -0.4 is 0 Å². The third-order valence-electron chi connectivity index (χ3n) is 0. The van der Waals surface area contributed by atoms with Crippen molar-refractivity contribution < 1.29 is 13.5 Å². The van der Waals surface area contributed by atoms with Crippen molar-refractivity contribution in [3.05, 3.63) is 0 Å². The molecule has 0 aromatic rings. The van der Waals surface area contributed by atoms with E-state index in [4.69, 9.17) is 0 Å². The Bertz CT molecular complexity index is 26.3. The number of alkyl halides is 3. The van der Waals surface area contributed by atoms with Crippen LogP contribution in [-0.4, -0.2) is 48.4 Å². The second kappa shape index (κ2) is 3.69. The first kappa shape index (κ1) is 10.7. The van der Waals surface area contributed by atoms with E-state index in [-0.39, 0.29) is 4.70 Å². The van der Waals surface area contributed by atoms with E-state index >= 15 is 0 Å². The first-order valence-electron chi connectivity index (χ1n) is 1.07. The molecule has 0 fully saturated rings. The average Bonchev–Trinajstić information content (AvgIpc) is 0.722. The van der Waals surface area contributed by atoms with Crippen molar-refractivity contribution >= 4 is 60.6 Å². The zero-order chi connectivity index (χ0) is 4.50. The van der Waals surface area contributed by atoms with Gasteiger partial charge in [0.05, 0.1) is 0 Å². The first-order valence-corrected chi connectivity index (χ1v) is 3.01. The molecular weight excluding hydrogens is 144 g/mol. The molecule has 0 N–H and O–H groups in total. The van der Waals surface area contributed by atoms with Crippen LogP contribution in [0.5, 0.6) is 0 Å². The Kier molecular flexibility index (Phi) is 6.54. The summed E-state index contributed by atoms with van der Waals surface area (Å²) in [4.78, 5) is 0.